The molecule has 5 atom stereocenters. The van der Waals surface area contributed by atoms with Crippen molar-refractivity contribution in [3.05, 3.63) is 0 Å². The Kier molecular flexibility index (Phi) is 59.4. The van der Waals surface area contributed by atoms with Gasteiger partial charge in [0.05, 0.1) is 26.4 Å². The number of hydrogen-bond acceptors (Lipinski definition) is 15. The summed E-state index contributed by atoms with van der Waals surface area (Å²) >= 11 is 0. The molecule has 0 saturated heterocycles. The minimum absolute atomic E-state index is 0.105. The first-order valence-electron chi connectivity index (χ1n) is 36.7. The molecule has 0 bridgehead atoms. The largest absolute Gasteiger partial charge is 0.472 e. The van der Waals surface area contributed by atoms with Gasteiger partial charge in [-0.2, -0.15) is 0 Å². The Morgan fingerprint density at radius 2 is 0.467 bits per heavy atom. The molecule has 0 amide bonds. The highest BCUT2D eigenvalue weighted by Crippen LogP contribution is 2.45. The number of hydrogen-bond donors (Lipinski definition) is 3. The summed E-state index contributed by atoms with van der Waals surface area (Å²) in [6, 6.07) is 0. The molecule has 0 aliphatic carbocycles. The first-order valence-corrected chi connectivity index (χ1v) is 39.7. The molecule has 534 valence electrons. The molecule has 0 aromatic carbocycles. The zero-order valence-electron chi connectivity index (χ0n) is 58.8. The van der Waals surface area contributed by atoms with Gasteiger partial charge in [0.1, 0.15) is 19.3 Å². The number of ether oxygens (including phenoxy) is 4. The summed E-state index contributed by atoms with van der Waals surface area (Å²) in [5, 5.41) is 10.6. The number of aliphatic hydroxyl groups is 1. The van der Waals surface area contributed by atoms with Crippen LogP contribution < -0.4 is 0 Å². The van der Waals surface area contributed by atoms with E-state index in [4.69, 9.17) is 37.0 Å². The minimum atomic E-state index is -4.95. The van der Waals surface area contributed by atoms with Crippen LogP contribution in [-0.2, 0) is 65.4 Å². The molecule has 0 aliphatic heterocycles. The number of carbonyl (C=O) groups excluding carboxylic acids is 4. The van der Waals surface area contributed by atoms with Crippen LogP contribution in [0.1, 0.15) is 351 Å². The third kappa shape index (κ3) is 64.8. The van der Waals surface area contributed by atoms with Gasteiger partial charge in [-0.3, -0.25) is 37.3 Å². The summed E-state index contributed by atoms with van der Waals surface area (Å²) in [7, 11) is -9.90. The van der Waals surface area contributed by atoms with Crippen molar-refractivity contribution in [3.8, 4) is 0 Å². The lowest BCUT2D eigenvalue weighted by atomic mass is 10.0. The minimum Gasteiger partial charge on any atom is -0.462 e. The molecule has 0 heterocycles. The van der Waals surface area contributed by atoms with Gasteiger partial charge in [-0.05, 0) is 49.4 Å². The fraction of sp³-hybridized carbons (Fsp3) is 0.944. The lowest BCUT2D eigenvalue weighted by molar-refractivity contribution is -0.161. The molecule has 3 N–H and O–H groups in total. The number of aliphatic hydroxyl groups excluding tert-OH is 1. The average molecular weight is 1330 g/mol. The Morgan fingerprint density at radius 1 is 0.278 bits per heavy atom. The molecule has 0 fully saturated rings. The van der Waals surface area contributed by atoms with Gasteiger partial charge in [-0.1, -0.05) is 299 Å². The van der Waals surface area contributed by atoms with Crippen LogP contribution >= 0.6 is 15.6 Å². The fourth-order valence-corrected chi connectivity index (χ4v) is 12.2. The van der Waals surface area contributed by atoms with Gasteiger partial charge >= 0.3 is 39.5 Å². The second-order valence-corrected chi connectivity index (χ2v) is 30.4. The molecule has 0 aliphatic rings. The second kappa shape index (κ2) is 60.7. The summed E-state index contributed by atoms with van der Waals surface area (Å²) in [5.41, 5.74) is 0. The predicted molar refractivity (Wildman–Crippen MR) is 363 cm³/mol. The van der Waals surface area contributed by atoms with Gasteiger partial charge in [0.2, 0.25) is 0 Å². The summed E-state index contributed by atoms with van der Waals surface area (Å²) in [4.78, 5) is 72.6. The van der Waals surface area contributed by atoms with E-state index in [1.807, 2.05) is 0 Å². The van der Waals surface area contributed by atoms with Crippen LogP contribution in [0.3, 0.4) is 0 Å². The molecule has 0 radical (unpaired) electrons. The van der Waals surface area contributed by atoms with Gasteiger partial charge in [0.25, 0.3) is 0 Å². The first kappa shape index (κ1) is 88.1. The molecule has 19 heteroatoms. The molecule has 0 spiro atoms. The summed E-state index contributed by atoms with van der Waals surface area (Å²) < 4.78 is 68.3. The second-order valence-electron chi connectivity index (χ2n) is 27.5. The van der Waals surface area contributed by atoms with Crippen LogP contribution in [0.2, 0.25) is 0 Å². The predicted octanol–water partition coefficient (Wildman–Crippen LogP) is 20.1. The molecular weight excluding hydrogens is 1190 g/mol. The Balaban J connectivity index is 5.25. The van der Waals surface area contributed by atoms with Crippen molar-refractivity contribution in [2.24, 2.45) is 23.7 Å². The van der Waals surface area contributed by atoms with Crippen LogP contribution in [0.25, 0.3) is 0 Å². The maximum Gasteiger partial charge on any atom is 0.472 e. The van der Waals surface area contributed by atoms with Crippen LogP contribution in [-0.4, -0.2) is 96.7 Å². The van der Waals surface area contributed by atoms with Crippen molar-refractivity contribution in [3.63, 3.8) is 0 Å². The van der Waals surface area contributed by atoms with Crippen molar-refractivity contribution >= 4 is 39.5 Å². The maximum absolute atomic E-state index is 13.0. The van der Waals surface area contributed by atoms with Gasteiger partial charge in [0.15, 0.2) is 12.2 Å². The quantitative estimate of drug-likeness (QED) is 0.0222. The number of phosphoric acid groups is 2. The van der Waals surface area contributed by atoms with E-state index in [1.165, 1.54) is 148 Å². The maximum atomic E-state index is 13.0. The number of unbranched alkanes of at least 4 members (excludes halogenated alkanes) is 34. The number of phosphoric ester groups is 2. The molecule has 0 aromatic rings. The molecule has 0 aromatic heterocycles. The molecular formula is C71H138O17P2. The Labute approximate surface area is 549 Å². The molecule has 17 nitrogen and oxygen atoms in total. The van der Waals surface area contributed by atoms with E-state index in [-0.39, 0.29) is 25.7 Å². The smallest absolute Gasteiger partial charge is 0.462 e. The van der Waals surface area contributed by atoms with Crippen molar-refractivity contribution in [1.82, 2.24) is 0 Å². The third-order valence-electron chi connectivity index (χ3n) is 16.3. The van der Waals surface area contributed by atoms with Gasteiger partial charge in [-0.15, -0.1) is 0 Å². The third-order valence-corrected chi connectivity index (χ3v) is 18.2. The van der Waals surface area contributed by atoms with Gasteiger partial charge in [0, 0.05) is 25.7 Å². The Bertz CT molecular complexity index is 1780. The van der Waals surface area contributed by atoms with Crippen molar-refractivity contribution in [1.29, 1.82) is 0 Å². The van der Waals surface area contributed by atoms with Crippen LogP contribution in [0, 0.1) is 23.7 Å². The van der Waals surface area contributed by atoms with Gasteiger partial charge in [-0.25, -0.2) is 9.13 Å². The topological polar surface area (TPSA) is 237 Å². The highest BCUT2D eigenvalue weighted by atomic mass is 31.2. The van der Waals surface area contributed by atoms with E-state index in [2.05, 4.69) is 55.4 Å². The zero-order chi connectivity index (χ0) is 66.8. The molecule has 0 saturated carbocycles. The lowest BCUT2D eigenvalue weighted by Crippen LogP contribution is -2.30. The number of rotatable bonds is 68. The Hall–Kier alpha value is -1.94. The first-order chi connectivity index (χ1) is 43.1. The number of carbonyl (C=O) groups is 4. The van der Waals surface area contributed by atoms with Gasteiger partial charge < -0.3 is 33.8 Å². The summed E-state index contributed by atoms with van der Waals surface area (Å²) in [5.74, 6) is 0.838. The number of esters is 4. The highest BCUT2D eigenvalue weighted by Gasteiger charge is 2.30. The van der Waals surface area contributed by atoms with E-state index in [1.54, 1.807) is 0 Å². The lowest BCUT2D eigenvalue weighted by Gasteiger charge is -2.21. The van der Waals surface area contributed by atoms with Crippen LogP contribution in [0.4, 0.5) is 0 Å². The van der Waals surface area contributed by atoms with Crippen LogP contribution in [0.5, 0.6) is 0 Å². The summed E-state index contributed by atoms with van der Waals surface area (Å²) in [6.45, 7) is 14.1. The SMILES string of the molecule is CC(C)CCCCCCCCCCCCCCC(=O)O[C@H](COC(=O)CCCCCCCCC(C)C)COP(=O)(O)OC[C@H](O)COP(=O)(O)OC[C@@H](COC(=O)CCCCCCCCCCCCC(C)C)OC(=O)CCCCCCCCCCCCC(C)C. The molecule has 0 rings (SSSR count). The van der Waals surface area contributed by atoms with E-state index < -0.39 is 97.5 Å². The Morgan fingerprint density at radius 3 is 0.689 bits per heavy atom. The van der Waals surface area contributed by atoms with Crippen molar-refractivity contribution in [2.75, 3.05) is 39.6 Å². The average Bonchev–Trinajstić information content (AvgIpc) is 3.69. The van der Waals surface area contributed by atoms with E-state index in [0.717, 1.165) is 114 Å². The van der Waals surface area contributed by atoms with Crippen LogP contribution in [0.15, 0.2) is 0 Å². The van der Waals surface area contributed by atoms with Crippen molar-refractivity contribution < 1.29 is 80.2 Å². The normalized spacial score (nSPS) is 14.3. The highest BCUT2D eigenvalue weighted by molar-refractivity contribution is 7.47. The monoisotopic (exact) mass is 1320 g/mol. The standard InChI is InChI=1S/C71H138O17P2/c1-61(2)47-39-31-23-17-11-9-10-12-21-27-37-45-53-70(75)88-67(58-82-69(74)52-44-36-30-29-34-42-50-64(7)8)60-86-90(79,80)84-56-65(72)55-83-89(77,78)85-59-66(87-71(76)54-46-38-28-22-16-14-19-25-33-41-49-63(5)6)57-81-68(73)51-43-35-26-20-15-13-18-24-32-40-48-62(3)4/h61-67,72H,9-60H2,1-8H3,(H,77,78)(H,79,80)/t65-,66-,67-/m1/s1. The summed E-state index contributed by atoms with van der Waals surface area (Å²) in [6.07, 6.45) is 43.2. The molecule has 2 unspecified atom stereocenters. The fourth-order valence-electron chi connectivity index (χ4n) is 10.7. The van der Waals surface area contributed by atoms with E-state index in [0.29, 0.717) is 31.6 Å². The molecule has 90 heavy (non-hydrogen) atoms. The van der Waals surface area contributed by atoms with E-state index >= 15 is 0 Å². The van der Waals surface area contributed by atoms with Crippen molar-refractivity contribution in [2.45, 2.75) is 369 Å². The van der Waals surface area contributed by atoms with E-state index in [9.17, 15) is 43.2 Å². The zero-order valence-corrected chi connectivity index (χ0v) is 60.6.